The number of amides is 1. The summed E-state index contributed by atoms with van der Waals surface area (Å²) < 4.78 is 5.03. The molecule has 2 aromatic heterocycles. The van der Waals surface area contributed by atoms with Crippen molar-refractivity contribution < 1.29 is 9.53 Å². The van der Waals surface area contributed by atoms with E-state index < -0.39 is 0 Å². The highest BCUT2D eigenvalue weighted by Gasteiger charge is 2.11. The van der Waals surface area contributed by atoms with E-state index in [9.17, 15) is 4.79 Å². The topological polar surface area (TPSA) is 90.1 Å². The van der Waals surface area contributed by atoms with Crippen LogP contribution in [0.1, 0.15) is 45.0 Å². The number of aromatic nitrogens is 2. The summed E-state index contributed by atoms with van der Waals surface area (Å²) in [7, 11) is 3.04. The summed E-state index contributed by atoms with van der Waals surface area (Å²) in [6.45, 7) is 9.89. The van der Waals surface area contributed by atoms with E-state index in [-0.39, 0.29) is 5.91 Å². The summed E-state index contributed by atoms with van der Waals surface area (Å²) >= 11 is 11.4. The smallest absolute Gasteiger partial charge is 0.255 e. The molecular weight excluding hydrogens is 531 g/mol. The van der Waals surface area contributed by atoms with E-state index in [1.807, 2.05) is 71.0 Å². The van der Waals surface area contributed by atoms with Gasteiger partial charge < -0.3 is 15.8 Å². The summed E-state index contributed by atoms with van der Waals surface area (Å²) in [5.41, 5.74) is 9.47. The van der Waals surface area contributed by atoms with Gasteiger partial charge >= 0.3 is 0 Å². The van der Waals surface area contributed by atoms with E-state index in [0.717, 1.165) is 28.1 Å². The van der Waals surface area contributed by atoms with Gasteiger partial charge in [0.1, 0.15) is 0 Å². The second-order valence-electron chi connectivity index (χ2n) is 6.82. The third kappa shape index (κ3) is 11.9. The van der Waals surface area contributed by atoms with Crippen molar-refractivity contribution in [1.29, 1.82) is 0 Å². The average molecular weight is 572 g/mol. The number of nitrogens with one attached hydrogen (secondary N) is 1. The summed E-state index contributed by atoms with van der Waals surface area (Å²) in [5.74, 6) is 0.963. The highest BCUT2D eigenvalue weighted by atomic mass is 35.5. The quantitative estimate of drug-likeness (QED) is 0.234. The maximum absolute atomic E-state index is 12.7. The first-order valence-electron chi connectivity index (χ1n) is 12.8. The molecule has 0 unspecified atom stereocenters. The van der Waals surface area contributed by atoms with E-state index in [1.54, 1.807) is 56.0 Å². The first-order valence-corrected chi connectivity index (χ1v) is 13.7. The maximum atomic E-state index is 12.7. The van der Waals surface area contributed by atoms with Gasteiger partial charge in [-0.3, -0.25) is 9.78 Å². The summed E-state index contributed by atoms with van der Waals surface area (Å²) in [5, 5.41) is 3.41. The number of methoxy groups -OCH3 is 1. The largest absolute Gasteiger partial charge is 0.481 e. The molecule has 8 heteroatoms. The van der Waals surface area contributed by atoms with Crippen molar-refractivity contribution in [3.8, 4) is 28.1 Å². The van der Waals surface area contributed by atoms with Crippen LogP contribution >= 0.6 is 23.2 Å². The Labute approximate surface area is 243 Å². The molecule has 4 aromatic rings. The lowest BCUT2D eigenvalue weighted by Crippen LogP contribution is -2.12. The fourth-order valence-electron chi connectivity index (χ4n) is 3.05. The van der Waals surface area contributed by atoms with Gasteiger partial charge in [-0.2, -0.15) is 0 Å². The molecule has 2 heterocycles. The molecular formula is C31H40Cl2N4O2. The number of pyridine rings is 2. The minimum atomic E-state index is -0.242. The van der Waals surface area contributed by atoms with Crippen LogP contribution in [0.3, 0.4) is 0 Å². The van der Waals surface area contributed by atoms with Crippen LogP contribution < -0.4 is 15.8 Å². The summed E-state index contributed by atoms with van der Waals surface area (Å²) in [6, 6.07) is 20.6. The number of nitrogens with zero attached hydrogens (tertiary/aromatic N) is 2. The third-order valence-electron chi connectivity index (χ3n) is 4.64. The second kappa shape index (κ2) is 21.5. The van der Waals surface area contributed by atoms with Crippen molar-refractivity contribution in [3.05, 3.63) is 95.9 Å². The Morgan fingerprint density at radius 2 is 1.41 bits per heavy atom. The molecule has 6 nitrogen and oxygen atoms in total. The number of benzene rings is 2. The Balaban J connectivity index is 0.00000145. The molecule has 0 saturated carbocycles. The van der Waals surface area contributed by atoms with Gasteiger partial charge in [0.2, 0.25) is 5.88 Å². The Kier molecular flexibility index (Phi) is 19.6. The Hall–Kier alpha value is -3.45. The molecule has 210 valence electrons. The lowest BCUT2D eigenvalue weighted by molar-refractivity contribution is 0.102. The van der Waals surface area contributed by atoms with Gasteiger partial charge in [-0.05, 0) is 60.1 Å². The number of hydrogen-bond donors (Lipinski definition) is 2. The molecule has 4 rings (SSSR count). The number of ether oxygens (including phenoxy) is 1. The van der Waals surface area contributed by atoms with Gasteiger partial charge in [-0.15, -0.1) is 11.6 Å². The fourth-order valence-corrected chi connectivity index (χ4v) is 3.28. The van der Waals surface area contributed by atoms with Crippen LogP contribution in [0.5, 0.6) is 5.88 Å². The molecule has 1 amide bonds. The molecule has 0 radical (unpaired) electrons. The number of carbonyl (C=O) groups is 1. The fraction of sp³-hybridized carbons (Fsp3) is 0.258. The average Bonchev–Trinajstić information content (AvgIpc) is 3.02. The third-order valence-corrected chi connectivity index (χ3v) is 4.97. The van der Waals surface area contributed by atoms with Gasteiger partial charge in [0, 0.05) is 40.5 Å². The van der Waals surface area contributed by atoms with Crippen molar-refractivity contribution in [2.75, 3.05) is 25.4 Å². The van der Waals surface area contributed by atoms with Crippen LogP contribution in [0.25, 0.3) is 22.3 Å². The van der Waals surface area contributed by atoms with Gasteiger partial charge in [-0.1, -0.05) is 70.5 Å². The van der Waals surface area contributed by atoms with Crippen LogP contribution in [0.15, 0.2) is 85.3 Å². The molecule has 0 aliphatic rings. The number of hydrogen-bond acceptors (Lipinski definition) is 5. The Morgan fingerprint density at radius 3 is 1.92 bits per heavy atom. The van der Waals surface area contributed by atoms with Crippen molar-refractivity contribution >= 4 is 34.8 Å². The molecule has 0 saturated heterocycles. The molecule has 3 N–H and O–H groups in total. The normalized spacial score (nSPS) is 8.97. The molecule has 0 aliphatic heterocycles. The summed E-state index contributed by atoms with van der Waals surface area (Å²) in [4.78, 5) is 20.8. The van der Waals surface area contributed by atoms with E-state index >= 15 is 0 Å². The first kappa shape index (κ1) is 35.5. The van der Waals surface area contributed by atoms with Gasteiger partial charge in [-0.25, -0.2) is 4.98 Å². The zero-order valence-electron chi connectivity index (χ0n) is 23.8. The predicted molar refractivity (Wildman–Crippen MR) is 168 cm³/mol. The van der Waals surface area contributed by atoms with Crippen molar-refractivity contribution in [2.24, 2.45) is 5.73 Å². The van der Waals surface area contributed by atoms with Gasteiger partial charge in [0.05, 0.1) is 19.0 Å². The lowest BCUT2D eigenvalue weighted by Gasteiger charge is -2.10. The molecule has 39 heavy (non-hydrogen) atoms. The van der Waals surface area contributed by atoms with Gasteiger partial charge in [0.15, 0.2) is 0 Å². The van der Waals surface area contributed by atoms with E-state index in [0.29, 0.717) is 22.2 Å². The van der Waals surface area contributed by atoms with E-state index in [4.69, 9.17) is 27.9 Å². The van der Waals surface area contributed by atoms with Crippen LogP contribution in [-0.4, -0.2) is 35.9 Å². The second-order valence-corrected chi connectivity index (χ2v) is 7.76. The van der Waals surface area contributed by atoms with Gasteiger partial charge in [0.25, 0.3) is 5.91 Å². The van der Waals surface area contributed by atoms with E-state index in [1.165, 1.54) is 7.05 Å². The lowest BCUT2D eigenvalue weighted by atomic mass is 9.99. The van der Waals surface area contributed by atoms with Crippen LogP contribution in [0, 0.1) is 0 Å². The van der Waals surface area contributed by atoms with Crippen LogP contribution in [-0.2, 0) is 0 Å². The number of nitrogens with two attached hydrogens (primary N) is 1. The SMILES string of the molecule is CC.CC.CCCl.CN.COc1ccc(NC(=O)c2ccc(Cl)c(-c3ccc(-c4ccncc4)cc3)c2)cn1. The molecule has 0 atom stereocenters. The summed E-state index contributed by atoms with van der Waals surface area (Å²) in [6.07, 6.45) is 5.08. The zero-order valence-corrected chi connectivity index (χ0v) is 25.3. The highest BCUT2D eigenvalue weighted by Crippen LogP contribution is 2.31. The standard InChI is InChI=1S/C24H18ClN3O2.C2H5Cl.2C2H6.CH5N/c1-30-23-9-7-20(15-27-23)28-24(29)19-6-8-22(25)21(14-19)18-4-2-16(3-5-18)17-10-12-26-13-11-17;1-2-3;3*1-2/h2-15H,1H3,(H,28,29);2H2,1H3;2*1-2H3;2H2,1H3. The molecule has 0 spiro atoms. The van der Waals surface area contributed by atoms with Crippen LogP contribution in [0.4, 0.5) is 5.69 Å². The number of anilines is 1. The first-order chi connectivity index (χ1) is 19.0. The monoisotopic (exact) mass is 570 g/mol. The van der Waals surface area contributed by atoms with Crippen LogP contribution in [0.2, 0.25) is 5.02 Å². The Morgan fingerprint density at radius 1 is 0.872 bits per heavy atom. The zero-order chi connectivity index (χ0) is 29.6. The number of rotatable bonds is 5. The molecule has 0 aliphatic carbocycles. The highest BCUT2D eigenvalue weighted by molar-refractivity contribution is 6.33. The molecule has 0 fully saturated rings. The minimum Gasteiger partial charge on any atom is -0.481 e. The van der Waals surface area contributed by atoms with E-state index in [2.05, 4.69) is 21.0 Å². The molecule has 2 aromatic carbocycles. The number of alkyl halides is 1. The number of halogens is 2. The molecule has 0 bridgehead atoms. The maximum Gasteiger partial charge on any atom is 0.255 e. The minimum absolute atomic E-state index is 0.242. The van der Waals surface area contributed by atoms with Crippen molar-refractivity contribution in [2.45, 2.75) is 34.6 Å². The predicted octanol–water partition coefficient (Wildman–Crippen LogP) is 8.60. The number of carbonyl (C=O) groups excluding carboxylic acids is 1. The van der Waals surface area contributed by atoms with Crippen molar-refractivity contribution in [1.82, 2.24) is 9.97 Å². The van der Waals surface area contributed by atoms with Crippen molar-refractivity contribution in [3.63, 3.8) is 0 Å². The Bertz CT molecular complexity index is 1190.